The van der Waals surface area contributed by atoms with Crippen LogP contribution in [0.5, 0.6) is 0 Å². The van der Waals surface area contributed by atoms with E-state index in [2.05, 4.69) is 15.4 Å². The first kappa shape index (κ1) is 17.1. The summed E-state index contributed by atoms with van der Waals surface area (Å²) in [5.41, 5.74) is 0.755. The number of nitrogens with zero attached hydrogens (tertiary/aromatic N) is 3. The quantitative estimate of drug-likeness (QED) is 0.815. The lowest BCUT2D eigenvalue weighted by atomic mass is 9.75. The van der Waals surface area contributed by atoms with Gasteiger partial charge >= 0.3 is 0 Å². The van der Waals surface area contributed by atoms with Crippen LogP contribution in [0.15, 0.2) is 43.0 Å². The Morgan fingerprint density at radius 2 is 2.04 bits per heavy atom. The normalized spacial score (nSPS) is 14.3. The van der Waals surface area contributed by atoms with Gasteiger partial charge in [-0.25, -0.2) is 9.67 Å². The molecule has 0 fully saturated rings. The highest BCUT2D eigenvalue weighted by Crippen LogP contribution is 2.34. The molecule has 1 aromatic carbocycles. The van der Waals surface area contributed by atoms with Gasteiger partial charge in [-0.15, -0.1) is 0 Å². The highest BCUT2D eigenvalue weighted by molar-refractivity contribution is 5.79. The maximum atomic E-state index is 12.3. The second-order valence-corrected chi connectivity index (χ2v) is 6.41. The summed E-state index contributed by atoms with van der Waals surface area (Å²) in [6, 6.07) is 9.51. The number of aromatic nitrogens is 3. The van der Waals surface area contributed by atoms with Gasteiger partial charge in [0.1, 0.15) is 18.7 Å². The number of rotatable bonds is 7. The number of carbonyl (C=O) groups excluding carboxylic acids is 1. The monoisotopic (exact) mass is 316 g/mol. The first-order valence-electron chi connectivity index (χ1n) is 7.73. The minimum absolute atomic E-state index is 0.0144. The molecule has 2 unspecified atom stereocenters. The molecule has 124 valence electrons. The molecule has 0 aliphatic rings. The van der Waals surface area contributed by atoms with Crippen molar-refractivity contribution in [1.29, 1.82) is 0 Å². The van der Waals surface area contributed by atoms with Crippen LogP contribution in [0.3, 0.4) is 0 Å². The van der Waals surface area contributed by atoms with E-state index in [0.29, 0.717) is 6.54 Å². The van der Waals surface area contributed by atoms with E-state index in [0.717, 1.165) is 5.56 Å². The van der Waals surface area contributed by atoms with Crippen LogP contribution in [0, 0.1) is 5.41 Å². The summed E-state index contributed by atoms with van der Waals surface area (Å²) in [6.07, 6.45) is 2.93. The molecule has 0 aliphatic heterocycles. The highest BCUT2D eigenvalue weighted by Gasteiger charge is 2.31. The lowest BCUT2D eigenvalue weighted by Crippen LogP contribution is -2.39. The number of amides is 1. The molecule has 1 amide bonds. The molecule has 6 nitrogen and oxygen atoms in total. The lowest BCUT2D eigenvalue weighted by molar-refractivity contribution is -0.124. The maximum absolute atomic E-state index is 12.3. The largest absolute Gasteiger partial charge is 0.396 e. The highest BCUT2D eigenvalue weighted by atomic mass is 16.3. The fraction of sp³-hybridized carbons (Fsp3) is 0.471. The van der Waals surface area contributed by atoms with E-state index in [4.69, 9.17) is 0 Å². The zero-order valence-electron chi connectivity index (χ0n) is 13.8. The number of aliphatic hydroxyl groups is 1. The summed E-state index contributed by atoms with van der Waals surface area (Å²) >= 11 is 0. The Morgan fingerprint density at radius 1 is 1.35 bits per heavy atom. The van der Waals surface area contributed by atoms with Gasteiger partial charge in [-0.3, -0.25) is 4.79 Å². The number of aliphatic hydroxyl groups excluding tert-OH is 1. The molecule has 0 saturated heterocycles. The Morgan fingerprint density at radius 3 is 2.61 bits per heavy atom. The van der Waals surface area contributed by atoms with Crippen LogP contribution < -0.4 is 5.32 Å². The second kappa shape index (κ2) is 7.37. The third-order valence-corrected chi connectivity index (χ3v) is 4.25. The van der Waals surface area contributed by atoms with Crippen LogP contribution in [0.2, 0.25) is 0 Å². The molecule has 0 spiro atoms. The molecule has 0 bridgehead atoms. The Labute approximate surface area is 136 Å². The van der Waals surface area contributed by atoms with Gasteiger partial charge in [-0.1, -0.05) is 44.2 Å². The zero-order valence-corrected chi connectivity index (χ0v) is 13.8. The third kappa shape index (κ3) is 4.16. The first-order chi connectivity index (χ1) is 11.0. The van der Waals surface area contributed by atoms with Crippen molar-refractivity contribution in [3.8, 4) is 0 Å². The van der Waals surface area contributed by atoms with Gasteiger partial charge in [0, 0.05) is 19.1 Å². The Hall–Kier alpha value is -2.21. The predicted molar refractivity (Wildman–Crippen MR) is 87.8 cm³/mol. The van der Waals surface area contributed by atoms with Crippen molar-refractivity contribution >= 4 is 5.91 Å². The summed E-state index contributed by atoms with van der Waals surface area (Å²) in [5, 5.41) is 16.7. The van der Waals surface area contributed by atoms with Crippen molar-refractivity contribution in [3.63, 3.8) is 0 Å². The van der Waals surface area contributed by atoms with Crippen LogP contribution in [0.25, 0.3) is 0 Å². The van der Waals surface area contributed by atoms with Crippen LogP contribution in [0.4, 0.5) is 0 Å². The molecule has 0 radical (unpaired) electrons. The molecule has 2 aromatic rings. The molecule has 2 rings (SSSR count). The van der Waals surface area contributed by atoms with Crippen molar-refractivity contribution in [3.05, 3.63) is 48.5 Å². The molecule has 23 heavy (non-hydrogen) atoms. The fourth-order valence-corrected chi connectivity index (χ4v) is 2.53. The third-order valence-electron chi connectivity index (χ3n) is 4.25. The second-order valence-electron chi connectivity index (χ2n) is 6.41. The van der Waals surface area contributed by atoms with E-state index in [9.17, 15) is 9.90 Å². The van der Waals surface area contributed by atoms with E-state index < -0.39 is 6.04 Å². The molecular formula is C17H24N4O2. The van der Waals surface area contributed by atoms with Gasteiger partial charge in [0.05, 0.1) is 0 Å². The van der Waals surface area contributed by atoms with Crippen molar-refractivity contribution in [1.82, 2.24) is 20.1 Å². The van der Waals surface area contributed by atoms with Crippen LogP contribution in [-0.4, -0.2) is 38.9 Å². The summed E-state index contributed by atoms with van der Waals surface area (Å²) < 4.78 is 1.52. The predicted octanol–water partition coefficient (Wildman–Crippen LogP) is 1.76. The zero-order chi connectivity index (χ0) is 16.9. The van der Waals surface area contributed by atoms with Gasteiger partial charge in [0.15, 0.2) is 0 Å². The maximum Gasteiger partial charge on any atom is 0.244 e. The van der Waals surface area contributed by atoms with E-state index in [1.807, 2.05) is 44.2 Å². The number of carbonyl (C=O) groups is 1. The van der Waals surface area contributed by atoms with Crippen molar-refractivity contribution in [2.45, 2.75) is 32.7 Å². The van der Waals surface area contributed by atoms with Crippen LogP contribution in [-0.2, 0) is 4.79 Å². The molecule has 1 aromatic heterocycles. The van der Waals surface area contributed by atoms with E-state index in [1.165, 1.54) is 17.3 Å². The SMILES string of the molecule is CC(C(=O)NCC(c1ccccc1)C(C)(C)CO)n1cncn1. The van der Waals surface area contributed by atoms with Crippen molar-refractivity contribution in [2.24, 2.45) is 5.41 Å². The van der Waals surface area contributed by atoms with Gasteiger partial charge in [0.25, 0.3) is 0 Å². The molecule has 0 saturated carbocycles. The van der Waals surface area contributed by atoms with Gasteiger partial charge in [-0.05, 0) is 17.9 Å². The van der Waals surface area contributed by atoms with Gasteiger partial charge in [-0.2, -0.15) is 5.10 Å². The summed E-state index contributed by atoms with van der Waals surface area (Å²) in [6.45, 7) is 6.27. The van der Waals surface area contributed by atoms with Crippen molar-refractivity contribution < 1.29 is 9.90 Å². The molecular weight excluding hydrogens is 292 g/mol. The van der Waals surface area contributed by atoms with E-state index in [-0.39, 0.29) is 23.8 Å². The molecule has 2 atom stereocenters. The van der Waals surface area contributed by atoms with E-state index >= 15 is 0 Å². The lowest BCUT2D eigenvalue weighted by Gasteiger charge is -2.33. The number of nitrogens with one attached hydrogen (secondary N) is 1. The standard InChI is InChI=1S/C17H24N4O2/c1-13(21-12-18-11-20-21)16(23)19-9-15(17(2,3)10-22)14-7-5-4-6-8-14/h4-8,11-13,15,22H,9-10H2,1-3H3,(H,19,23). The topological polar surface area (TPSA) is 80.0 Å². The van der Waals surface area contributed by atoms with Gasteiger partial charge < -0.3 is 10.4 Å². The molecule has 2 N–H and O–H groups in total. The number of hydrogen-bond acceptors (Lipinski definition) is 4. The molecule has 1 heterocycles. The Bertz CT molecular complexity index is 611. The number of hydrogen-bond donors (Lipinski definition) is 2. The summed E-state index contributed by atoms with van der Waals surface area (Å²) in [5.74, 6) is -0.106. The van der Waals surface area contributed by atoms with Crippen LogP contribution in [0.1, 0.15) is 38.3 Å². The number of benzene rings is 1. The average molecular weight is 316 g/mol. The van der Waals surface area contributed by atoms with Gasteiger partial charge in [0.2, 0.25) is 5.91 Å². The van der Waals surface area contributed by atoms with Crippen LogP contribution >= 0.6 is 0 Å². The summed E-state index contributed by atoms with van der Waals surface area (Å²) in [4.78, 5) is 16.2. The van der Waals surface area contributed by atoms with Crippen molar-refractivity contribution in [2.75, 3.05) is 13.2 Å². The van der Waals surface area contributed by atoms with E-state index in [1.54, 1.807) is 6.92 Å². The summed E-state index contributed by atoms with van der Waals surface area (Å²) in [7, 11) is 0. The first-order valence-corrected chi connectivity index (χ1v) is 7.73. The minimum Gasteiger partial charge on any atom is -0.396 e. The molecule has 6 heteroatoms. The average Bonchev–Trinajstić information content (AvgIpc) is 3.09. The molecule has 0 aliphatic carbocycles. The minimum atomic E-state index is -0.425. The fourth-order valence-electron chi connectivity index (χ4n) is 2.53. The smallest absolute Gasteiger partial charge is 0.244 e. The Kier molecular flexibility index (Phi) is 5.50. The Balaban J connectivity index is 2.08.